The number of phosphoric ester groups is 1. The van der Waals surface area contributed by atoms with E-state index in [0.717, 1.165) is 167 Å². The fraction of sp³-hybridized carbons (Fsp3) is 0.581. The van der Waals surface area contributed by atoms with E-state index in [1.54, 1.807) is 0 Å². The number of allylic oxidation sites excluding steroid dienone is 34. The van der Waals surface area contributed by atoms with Crippen LogP contribution in [0.2, 0.25) is 0 Å². The predicted octanol–water partition coefficient (Wildman–Crippen LogP) is 25.4. The maximum absolute atomic E-state index is 12.9. The highest BCUT2D eigenvalue weighted by Gasteiger charge is 2.27. The molecule has 2 unspecified atom stereocenters. The molecule has 9 nitrogen and oxygen atoms in total. The molecule has 0 aliphatic heterocycles. The van der Waals surface area contributed by atoms with Crippen molar-refractivity contribution >= 4 is 19.8 Å². The van der Waals surface area contributed by atoms with Gasteiger partial charge in [-0.05, 0) is 148 Å². The van der Waals surface area contributed by atoms with Crippen LogP contribution in [0.3, 0.4) is 0 Å². The minimum absolute atomic E-state index is 0.0179. The van der Waals surface area contributed by atoms with Crippen molar-refractivity contribution in [3.05, 3.63) is 207 Å². The molecule has 96 heavy (non-hydrogen) atoms. The fourth-order valence-corrected chi connectivity index (χ4v) is 10.4. The van der Waals surface area contributed by atoms with E-state index in [4.69, 9.17) is 18.5 Å². The highest BCUT2D eigenvalue weighted by molar-refractivity contribution is 7.47. The van der Waals surface area contributed by atoms with E-state index >= 15 is 0 Å². The van der Waals surface area contributed by atoms with Gasteiger partial charge in [0.05, 0.1) is 27.7 Å². The molecule has 0 saturated carbocycles. The van der Waals surface area contributed by atoms with E-state index < -0.39 is 26.5 Å². The Kier molecular flexibility index (Phi) is 69.7. The Bertz CT molecular complexity index is 2380. The minimum Gasteiger partial charge on any atom is -0.462 e. The Morgan fingerprint density at radius 1 is 0.323 bits per heavy atom. The van der Waals surface area contributed by atoms with Gasteiger partial charge in [0.1, 0.15) is 19.8 Å². The van der Waals surface area contributed by atoms with Crippen molar-refractivity contribution in [2.75, 3.05) is 47.5 Å². The van der Waals surface area contributed by atoms with Crippen LogP contribution in [-0.2, 0) is 32.7 Å². The monoisotopic (exact) mass is 1350 g/mol. The zero-order chi connectivity index (χ0) is 69.7. The summed E-state index contributed by atoms with van der Waals surface area (Å²) in [6.07, 6.45) is 116. The Labute approximate surface area is 589 Å². The number of hydrogen-bond donors (Lipinski definition) is 1. The molecule has 0 saturated heterocycles. The molecule has 0 amide bonds. The average molecular weight is 1350 g/mol. The maximum Gasteiger partial charge on any atom is 0.472 e. The Morgan fingerprint density at radius 2 is 0.562 bits per heavy atom. The number of likely N-dealkylation sites (N-methyl/N-ethyl adjacent to an activating group) is 1. The third-order valence-corrected chi connectivity index (χ3v) is 16.3. The zero-order valence-corrected chi connectivity index (χ0v) is 62.4. The standard InChI is InChI=1S/C86H138NO8P/c1-6-8-10-12-14-16-18-20-22-24-26-28-30-32-34-36-38-40-42-43-45-47-49-51-53-55-57-59-61-63-65-67-69-71-73-75-77-79-86(89)95-84(83-94-96(90,91)93-81-80-87(3,4)5)82-92-85(88)78-76-74-72-70-68-66-64-62-60-58-56-54-52-50-48-46-44-41-39-37-35-33-31-29-27-25-23-21-19-17-15-13-11-9-7-2/h8-11,14-17,20-23,26-29,32-35,38-41,43,45-46,48-49,51,55,57,61,63,84H,6-7,12-13,18-19,24-25,30-31,36-37,42,44,47,50,52-54,56,58-60,62,64-83H2,1-5H3/p+1/b10-8-,11-9-,16-14-,17-15-,22-20-,23-21-,28-26-,29-27-,34-32-,35-33-,40-38-,41-39-,45-43-,48-46-,51-49-,57-55-,63-61-. The summed E-state index contributed by atoms with van der Waals surface area (Å²) in [6.45, 7) is 4.17. The van der Waals surface area contributed by atoms with Gasteiger partial charge >= 0.3 is 19.8 Å². The van der Waals surface area contributed by atoms with Crippen molar-refractivity contribution in [1.29, 1.82) is 0 Å². The first-order valence-electron chi connectivity index (χ1n) is 37.8. The summed E-state index contributed by atoms with van der Waals surface area (Å²) in [6, 6.07) is 0. The fourth-order valence-electron chi connectivity index (χ4n) is 9.61. The Hall–Kier alpha value is -5.41. The molecule has 1 N–H and O–H groups in total. The van der Waals surface area contributed by atoms with Crippen LogP contribution >= 0.6 is 7.82 Å². The SMILES string of the molecule is CC/C=C\C/C=C\C/C=C\C/C=C\C/C=C\C/C=C\C/C=C\C/C=C\C/C=C\C/C=C\CCCCCCCCC(=O)OC(COC(=O)CCCCCCCCCCCCCCC/C=C\C/C=C\C/C=C\C/C=C\C/C=C\C/C=C\C/C=C\CC)COP(=O)(O)OCC[N+](C)(C)C. The number of carbonyl (C=O) groups excluding carboxylic acids is 2. The minimum atomic E-state index is -4.41. The summed E-state index contributed by atoms with van der Waals surface area (Å²) in [4.78, 5) is 36.0. The van der Waals surface area contributed by atoms with Crippen LogP contribution in [0.4, 0.5) is 0 Å². The van der Waals surface area contributed by atoms with E-state index in [9.17, 15) is 19.0 Å². The number of esters is 2. The van der Waals surface area contributed by atoms with Gasteiger partial charge < -0.3 is 18.9 Å². The van der Waals surface area contributed by atoms with Crippen LogP contribution in [0.1, 0.15) is 271 Å². The lowest BCUT2D eigenvalue weighted by molar-refractivity contribution is -0.870. The summed E-state index contributed by atoms with van der Waals surface area (Å²) in [5.74, 6) is -0.827. The first-order chi connectivity index (χ1) is 47.0. The lowest BCUT2D eigenvalue weighted by Gasteiger charge is -2.24. The molecule has 2 atom stereocenters. The van der Waals surface area contributed by atoms with Gasteiger partial charge in [-0.1, -0.05) is 317 Å². The number of hydrogen-bond acceptors (Lipinski definition) is 7. The predicted molar refractivity (Wildman–Crippen MR) is 417 cm³/mol. The molecule has 0 aromatic heterocycles. The summed E-state index contributed by atoms with van der Waals surface area (Å²) >= 11 is 0. The Morgan fingerprint density at radius 3 is 0.833 bits per heavy atom. The second kappa shape index (κ2) is 73.8. The highest BCUT2D eigenvalue weighted by Crippen LogP contribution is 2.43. The molecule has 0 radical (unpaired) electrons. The molecule has 0 aliphatic carbocycles. The molecule has 0 aromatic rings. The quantitative estimate of drug-likeness (QED) is 0.0211. The number of ether oxygens (including phenoxy) is 2. The lowest BCUT2D eigenvalue weighted by Crippen LogP contribution is -2.37. The molecule has 0 aliphatic rings. The maximum atomic E-state index is 12.9. The molecule has 0 rings (SSSR count). The van der Waals surface area contributed by atoms with Crippen LogP contribution in [0.5, 0.6) is 0 Å². The van der Waals surface area contributed by atoms with Crippen molar-refractivity contribution < 1.29 is 42.1 Å². The smallest absolute Gasteiger partial charge is 0.462 e. The number of rotatable bonds is 67. The summed E-state index contributed by atoms with van der Waals surface area (Å²) < 4.78 is 34.7. The highest BCUT2D eigenvalue weighted by atomic mass is 31.2. The van der Waals surface area contributed by atoms with Crippen LogP contribution in [0.25, 0.3) is 0 Å². The van der Waals surface area contributed by atoms with Gasteiger partial charge in [0.2, 0.25) is 0 Å². The van der Waals surface area contributed by atoms with Crippen LogP contribution in [-0.4, -0.2) is 74.9 Å². The molecular weight excluding hydrogens is 1210 g/mol. The van der Waals surface area contributed by atoms with Crippen LogP contribution < -0.4 is 0 Å². The second-order valence-corrected chi connectivity index (χ2v) is 27.0. The van der Waals surface area contributed by atoms with Crippen LogP contribution in [0.15, 0.2) is 207 Å². The topological polar surface area (TPSA) is 108 Å². The van der Waals surface area contributed by atoms with E-state index in [1.807, 2.05) is 21.1 Å². The summed E-state index contributed by atoms with van der Waals surface area (Å²) in [5, 5.41) is 0. The van der Waals surface area contributed by atoms with E-state index in [1.165, 1.54) is 70.6 Å². The summed E-state index contributed by atoms with van der Waals surface area (Å²) in [7, 11) is 1.44. The number of unbranched alkanes of at least 4 members (excludes halogenated alkanes) is 19. The molecule has 0 aromatic carbocycles. The molecule has 0 heterocycles. The van der Waals surface area contributed by atoms with Gasteiger partial charge in [-0.25, -0.2) is 4.57 Å². The van der Waals surface area contributed by atoms with Gasteiger partial charge in [0.25, 0.3) is 0 Å². The summed E-state index contributed by atoms with van der Waals surface area (Å²) in [5.41, 5.74) is 0. The van der Waals surface area contributed by atoms with Crippen molar-refractivity contribution in [3.63, 3.8) is 0 Å². The van der Waals surface area contributed by atoms with Gasteiger partial charge in [-0.2, -0.15) is 0 Å². The van der Waals surface area contributed by atoms with Crippen molar-refractivity contribution in [2.24, 2.45) is 0 Å². The Balaban J connectivity index is 4.14. The largest absolute Gasteiger partial charge is 0.472 e. The second-order valence-electron chi connectivity index (χ2n) is 25.6. The van der Waals surface area contributed by atoms with E-state index in [2.05, 4.69) is 220 Å². The molecule has 10 heteroatoms. The normalized spacial score (nSPS) is 14.3. The third-order valence-electron chi connectivity index (χ3n) is 15.3. The number of phosphoric acid groups is 1. The van der Waals surface area contributed by atoms with Gasteiger partial charge in [-0.3, -0.25) is 18.6 Å². The molecule has 0 spiro atoms. The molecular formula is C86H139NO8P+. The lowest BCUT2D eigenvalue weighted by atomic mass is 10.0. The van der Waals surface area contributed by atoms with Crippen molar-refractivity contribution in [2.45, 2.75) is 277 Å². The number of nitrogens with zero attached hydrogens (tertiary/aromatic N) is 1. The van der Waals surface area contributed by atoms with Gasteiger partial charge in [0.15, 0.2) is 6.10 Å². The number of quaternary nitrogens is 1. The van der Waals surface area contributed by atoms with Crippen LogP contribution in [0, 0.1) is 0 Å². The van der Waals surface area contributed by atoms with E-state index in [0.29, 0.717) is 17.4 Å². The van der Waals surface area contributed by atoms with Gasteiger partial charge in [0, 0.05) is 12.8 Å². The van der Waals surface area contributed by atoms with E-state index in [-0.39, 0.29) is 32.0 Å². The van der Waals surface area contributed by atoms with Gasteiger partial charge in [-0.15, -0.1) is 0 Å². The first kappa shape index (κ1) is 90.6. The zero-order valence-electron chi connectivity index (χ0n) is 61.5. The average Bonchev–Trinajstić information content (AvgIpc) is 2.72. The first-order valence-corrected chi connectivity index (χ1v) is 39.3. The number of carbonyl (C=O) groups is 2. The molecule has 540 valence electrons. The van der Waals surface area contributed by atoms with Crippen molar-refractivity contribution in [3.8, 4) is 0 Å². The molecule has 0 fully saturated rings. The molecule has 0 bridgehead atoms. The third kappa shape index (κ3) is 77.6. The van der Waals surface area contributed by atoms with Crippen molar-refractivity contribution in [1.82, 2.24) is 0 Å².